The minimum Gasteiger partial charge on any atom is -0.571 e. The van der Waals surface area contributed by atoms with Gasteiger partial charge in [0.25, 0.3) is 0 Å². The van der Waals surface area contributed by atoms with Crippen LogP contribution in [0.25, 0.3) is 5.76 Å². The third-order valence-corrected chi connectivity index (χ3v) is 5.52. The van der Waals surface area contributed by atoms with Gasteiger partial charge in [0, 0.05) is 18.2 Å². The van der Waals surface area contributed by atoms with E-state index in [1.54, 1.807) is 6.07 Å². The summed E-state index contributed by atoms with van der Waals surface area (Å²) in [5.41, 5.74) is 0.817. The van der Waals surface area contributed by atoms with Crippen LogP contribution in [0.2, 0.25) is 0 Å². The quantitative estimate of drug-likeness (QED) is 0.362. The largest absolute Gasteiger partial charge is 0.571 e. The Kier molecular flexibility index (Phi) is 5.78. The second kappa shape index (κ2) is 8.40. The van der Waals surface area contributed by atoms with Gasteiger partial charge in [0.2, 0.25) is 18.2 Å². The fraction of sp³-hybridized carbons (Fsp3) is 0.364. The first kappa shape index (κ1) is 22.0. The number of phenols is 1. The topological polar surface area (TPSA) is 162 Å². The lowest BCUT2D eigenvalue weighted by molar-refractivity contribution is -0.282. The van der Waals surface area contributed by atoms with Crippen molar-refractivity contribution >= 4 is 5.76 Å². The summed E-state index contributed by atoms with van der Waals surface area (Å²) in [6.07, 6.45) is -3.13. The van der Waals surface area contributed by atoms with Gasteiger partial charge in [-0.1, -0.05) is 0 Å². The molecule has 0 saturated carbocycles. The molecule has 0 spiro atoms. The summed E-state index contributed by atoms with van der Waals surface area (Å²) < 4.78 is 21.1. The number of ether oxygens (including phenoxy) is 4. The molecule has 0 bridgehead atoms. The third-order valence-electron chi connectivity index (χ3n) is 5.52. The predicted octanol–water partition coefficient (Wildman–Crippen LogP) is 0.647. The van der Waals surface area contributed by atoms with Crippen molar-refractivity contribution in [1.82, 2.24) is 0 Å². The number of aliphatic hydroxyl groups is 7. The third kappa shape index (κ3) is 3.89. The summed E-state index contributed by atoms with van der Waals surface area (Å²) in [6.45, 7) is 1.53. The molecule has 7 N–H and O–H groups in total. The summed E-state index contributed by atoms with van der Waals surface area (Å²) in [4.78, 5) is 0. The standard InChI is InChI=1S/C22H24O10/c1-9-18(26)19(27)20(28)22(30-9)32-17-8-12-14(25)6-11(23)7-15(12)31-21(17)10-3-4-13(24)16(5-10)29-2/h3-9,15,18-20,22-28H,1-2H3/p+1. The molecule has 4 rings (SSSR count). The molecule has 2 aliphatic heterocycles. The number of phenolic OH excluding ortho intramolecular Hbond substituents is 1. The van der Waals surface area contributed by atoms with E-state index in [1.807, 2.05) is 0 Å². The van der Waals surface area contributed by atoms with E-state index >= 15 is 0 Å². The smallest absolute Gasteiger partial charge is 0.305 e. The highest BCUT2D eigenvalue weighted by atomic mass is 16.7. The van der Waals surface area contributed by atoms with Crippen LogP contribution in [0.4, 0.5) is 0 Å². The van der Waals surface area contributed by atoms with Crippen LogP contribution in [0.3, 0.4) is 0 Å². The van der Waals surface area contributed by atoms with Crippen molar-refractivity contribution in [2.45, 2.75) is 43.7 Å². The molecule has 1 aromatic carbocycles. The van der Waals surface area contributed by atoms with Gasteiger partial charge in [-0.15, -0.1) is 0 Å². The summed E-state index contributed by atoms with van der Waals surface area (Å²) in [5, 5.41) is 60.5. The van der Waals surface area contributed by atoms with Crippen molar-refractivity contribution < 1.29 is 49.6 Å². The van der Waals surface area contributed by atoms with E-state index in [9.17, 15) is 30.6 Å². The zero-order valence-corrected chi connectivity index (χ0v) is 17.3. The Hall–Kier alpha value is -3.18. The lowest BCUT2D eigenvalue weighted by atomic mass is 9.97. The number of hydrogen-bond donors (Lipinski definition) is 6. The molecule has 6 unspecified atom stereocenters. The molecule has 6 atom stereocenters. The molecular weight excluding hydrogens is 424 g/mol. The van der Waals surface area contributed by atoms with Gasteiger partial charge in [-0.25, -0.2) is 0 Å². The number of hydrogen-bond acceptors (Lipinski definition) is 9. The highest BCUT2D eigenvalue weighted by Crippen LogP contribution is 2.38. The molecule has 0 aromatic heterocycles. The van der Waals surface area contributed by atoms with E-state index in [4.69, 9.17) is 14.2 Å². The zero-order chi connectivity index (χ0) is 23.2. The first-order chi connectivity index (χ1) is 15.2. The van der Waals surface area contributed by atoms with Crippen LogP contribution in [0.1, 0.15) is 12.5 Å². The van der Waals surface area contributed by atoms with E-state index in [1.165, 1.54) is 38.3 Å². The van der Waals surface area contributed by atoms with Crippen LogP contribution in [-0.2, 0) is 9.47 Å². The normalized spacial score (nSPS) is 32.2. The summed E-state index contributed by atoms with van der Waals surface area (Å²) in [7, 11) is 1.39. The van der Waals surface area contributed by atoms with Gasteiger partial charge in [0.05, 0.1) is 30.4 Å². The Bertz CT molecular complexity index is 1020. The number of fused-ring (bicyclic) bond motifs is 1. The van der Waals surface area contributed by atoms with E-state index < -0.39 is 36.8 Å². The molecule has 10 heteroatoms. The molecular formula is C22H25O10+. The van der Waals surface area contributed by atoms with Crippen molar-refractivity contribution in [2.75, 3.05) is 7.11 Å². The van der Waals surface area contributed by atoms with Gasteiger partial charge in [-0.3, -0.25) is 0 Å². The molecule has 1 aliphatic carbocycles. The van der Waals surface area contributed by atoms with Crippen LogP contribution in [0.15, 0.2) is 59.3 Å². The molecule has 2 heterocycles. The van der Waals surface area contributed by atoms with Gasteiger partial charge < -0.3 is 49.6 Å². The van der Waals surface area contributed by atoms with E-state index in [0.29, 0.717) is 11.1 Å². The number of benzene rings is 1. The molecule has 1 fully saturated rings. The summed E-state index contributed by atoms with van der Waals surface area (Å²) in [5.74, 6) is 0.0938. The maximum Gasteiger partial charge on any atom is 0.305 e. The Labute approximate surface area is 183 Å². The number of allylic oxidation sites excluding steroid dienone is 2. The van der Waals surface area contributed by atoms with Gasteiger partial charge >= 0.3 is 5.76 Å². The number of aliphatic hydroxyl groups excluding tert-OH is 5. The average Bonchev–Trinajstić information content (AvgIpc) is 2.76. The van der Waals surface area contributed by atoms with Crippen molar-refractivity contribution in [3.8, 4) is 11.5 Å². The number of rotatable bonds is 4. The summed E-state index contributed by atoms with van der Waals surface area (Å²) in [6, 6.07) is 4.51. The molecule has 172 valence electrons. The minimum atomic E-state index is -1.56. The molecule has 1 saturated heterocycles. The maximum absolute atomic E-state index is 10.4. The Morgan fingerprint density at radius 1 is 1.00 bits per heavy atom. The Balaban J connectivity index is 1.77. The number of aromatic hydroxyl groups is 1. The van der Waals surface area contributed by atoms with Gasteiger partial charge in [0.1, 0.15) is 29.8 Å². The van der Waals surface area contributed by atoms with Gasteiger partial charge in [-0.2, -0.15) is 0 Å². The molecule has 10 nitrogen and oxygen atoms in total. The fourth-order valence-electron chi connectivity index (χ4n) is 3.72. The van der Waals surface area contributed by atoms with Crippen LogP contribution in [0, 0.1) is 0 Å². The van der Waals surface area contributed by atoms with Gasteiger partial charge in [0.15, 0.2) is 11.5 Å². The van der Waals surface area contributed by atoms with Crippen LogP contribution >= 0.6 is 0 Å². The second-order valence-corrected chi connectivity index (χ2v) is 7.69. The summed E-state index contributed by atoms with van der Waals surface area (Å²) >= 11 is 0. The van der Waals surface area contributed by atoms with E-state index in [0.717, 1.165) is 6.08 Å². The minimum absolute atomic E-state index is 0.0842. The molecule has 3 aliphatic rings. The average molecular weight is 449 g/mol. The van der Waals surface area contributed by atoms with Gasteiger partial charge in [-0.05, 0) is 19.1 Å². The maximum atomic E-state index is 10.4. The van der Waals surface area contributed by atoms with Crippen molar-refractivity contribution in [1.29, 1.82) is 0 Å². The number of methoxy groups -OCH3 is 1. The lowest BCUT2D eigenvalue weighted by Gasteiger charge is -2.39. The lowest BCUT2D eigenvalue weighted by Crippen LogP contribution is -2.57. The molecule has 0 radical (unpaired) electrons. The molecule has 32 heavy (non-hydrogen) atoms. The monoisotopic (exact) mass is 449 g/mol. The first-order valence-corrected chi connectivity index (χ1v) is 9.91. The van der Waals surface area contributed by atoms with Crippen LogP contribution < -0.4 is 4.74 Å². The van der Waals surface area contributed by atoms with Crippen molar-refractivity contribution in [3.63, 3.8) is 0 Å². The highest BCUT2D eigenvalue weighted by molar-refractivity contribution is 5.69. The molecule has 1 aromatic rings. The SMILES string of the molecule is COc1cc(C2=C(OC3OC(C)C(O)C(O)C3O)C=C3C(O)=CC(O)=CC3[OH+]2)ccc1O. The first-order valence-electron chi connectivity index (χ1n) is 9.91. The fourth-order valence-corrected chi connectivity index (χ4v) is 3.72. The second-order valence-electron chi connectivity index (χ2n) is 7.69. The Morgan fingerprint density at radius 2 is 1.75 bits per heavy atom. The highest BCUT2D eigenvalue weighted by Gasteiger charge is 2.45. The van der Waals surface area contributed by atoms with Crippen LogP contribution in [-0.4, -0.2) is 79.3 Å². The zero-order valence-electron chi connectivity index (χ0n) is 17.3. The Morgan fingerprint density at radius 3 is 2.47 bits per heavy atom. The van der Waals surface area contributed by atoms with E-state index in [2.05, 4.69) is 4.74 Å². The van der Waals surface area contributed by atoms with Crippen LogP contribution in [0.5, 0.6) is 11.5 Å². The van der Waals surface area contributed by atoms with Crippen molar-refractivity contribution in [2.24, 2.45) is 0 Å². The molecule has 0 amide bonds. The van der Waals surface area contributed by atoms with E-state index in [-0.39, 0.29) is 34.5 Å². The predicted molar refractivity (Wildman–Crippen MR) is 111 cm³/mol. The van der Waals surface area contributed by atoms with Crippen molar-refractivity contribution in [3.05, 3.63) is 64.8 Å².